The average molecular weight is 425 g/mol. The number of carbonyl (C=O) groups is 1. The van der Waals surface area contributed by atoms with Crippen LogP contribution in [0.3, 0.4) is 0 Å². The molecule has 0 saturated heterocycles. The molecule has 30 heavy (non-hydrogen) atoms. The number of hydrogen-bond donors (Lipinski definition) is 1. The zero-order chi connectivity index (χ0) is 22.1. The van der Waals surface area contributed by atoms with Crippen molar-refractivity contribution in [1.82, 2.24) is 4.90 Å². The van der Waals surface area contributed by atoms with E-state index < -0.39 is 18.0 Å². The first-order chi connectivity index (χ1) is 14.2. The molecule has 6 nitrogen and oxygen atoms in total. The summed E-state index contributed by atoms with van der Waals surface area (Å²) in [6.07, 6.45) is -4.63. The molecule has 3 rings (SSSR count). The van der Waals surface area contributed by atoms with Gasteiger partial charge in [-0.25, -0.2) is 0 Å². The highest BCUT2D eigenvalue weighted by Crippen LogP contribution is 2.40. The van der Waals surface area contributed by atoms with E-state index in [1.807, 2.05) is 0 Å². The number of aromatic hydroxyl groups is 1. The van der Waals surface area contributed by atoms with Gasteiger partial charge in [0.2, 0.25) is 0 Å². The van der Waals surface area contributed by atoms with Crippen LogP contribution in [-0.4, -0.2) is 50.0 Å². The number of benzene rings is 2. The summed E-state index contributed by atoms with van der Waals surface area (Å²) in [5.41, 5.74) is 1.97. The topological polar surface area (TPSA) is 68.2 Å². The highest BCUT2D eigenvalue weighted by molar-refractivity contribution is 5.82. The Bertz CT molecular complexity index is 945. The Morgan fingerprint density at radius 1 is 1.07 bits per heavy atom. The Kier molecular flexibility index (Phi) is 6.00. The standard InChI is InChI=1S/C21H22F3NO5/c1-28-17-5-4-12(7-19(17)30-3)6-13-10-25(20(27)21(22,23)24)11-14-8-18(29-2)16(26)9-15(13)14/h4-5,7-9,13,26H,6,10-11H2,1-3H3. The van der Waals surface area contributed by atoms with Gasteiger partial charge in [0.25, 0.3) is 0 Å². The maximum absolute atomic E-state index is 13.1. The average Bonchev–Trinajstić information content (AvgIpc) is 2.72. The smallest absolute Gasteiger partial charge is 0.471 e. The van der Waals surface area contributed by atoms with E-state index in [0.717, 1.165) is 10.5 Å². The number of rotatable bonds is 5. The van der Waals surface area contributed by atoms with Crippen LogP contribution < -0.4 is 14.2 Å². The number of methoxy groups -OCH3 is 3. The van der Waals surface area contributed by atoms with Gasteiger partial charge in [0.1, 0.15) is 0 Å². The van der Waals surface area contributed by atoms with Crippen LogP contribution in [0.4, 0.5) is 13.2 Å². The molecule has 0 aliphatic carbocycles. The molecule has 0 radical (unpaired) electrons. The molecule has 1 amide bonds. The molecule has 0 spiro atoms. The molecule has 0 fully saturated rings. The van der Waals surface area contributed by atoms with E-state index in [1.165, 1.54) is 33.5 Å². The van der Waals surface area contributed by atoms with Crippen LogP contribution in [0.15, 0.2) is 30.3 Å². The molecule has 1 aliphatic heterocycles. The summed E-state index contributed by atoms with van der Waals surface area (Å²) in [7, 11) is 4.35. The summed E-state index contributed by atoms with van der Waals surface area (Å²) in [6, 6.07) is 8.21. The van der Waals surface area contributed by atoms with E-state index in [1.54, 1.807) is 18.2 Å². The molecule has 2 aromatic rings. The minimum Gasteiger partial charge on any atom is -0.504 e. The maximum atomic E-state index is 13.1. The maximum Gasteiger partial charge on any atom is 0.471 e. The van der Waals surface area contributed by atoms with Crippen LogP contribution in [0.5, 0.6) is 23.0 Å². The number of hydrogen-bond acceptors (Lipinski definition) is 5. The molecular formula is C21H22F3NO5. The SMILES string of the molecule is COc1cc2c(cc1O)C(Cc1ccc(OC)c(OC)c1)CN(C(=O)C(F)(F)F)C2. The number of amides is 1. The first kappa shape index (κ1) is 21.6. The van der Waals surface area contributed by atoms with Gasteiger partial charge in [0.15, 0.2) is 23.0 Å². The number of carbonyl (C=O) groups excluding carboxylic acids is 1. The van der Waals surface area contributed by atoms with Crippen molar-refractivity contribution < 1.29 is 37.3 Å². The lowest BCUT2D eigenvalue weighted by Gasteiger charge is -2.35. The summed E-state index contributed by atoms with van der Waals surface area (Å²) >= 11 is 0. The highest BCUT2D eigenvalue weighted by Gasteiger charge is 2.44. The quantitative estimate of drug-likeness (QED) is 0.792. The van der Waals surface area contributed by atoms with E-state index in [-0.39, 0.29) is 24.6 Å². The number of phenols is 1. The lowest BCUT2D eigenvalue weighted by molar-refractivity contribution is -0.186. The van der Waals surface area contributed by atoms with Gasteiger partial charge in [-0.3, -0.25) is 4.79 Å². The molecule has 1 N–H and O–H groups in total. The largest absolute Gasteiger partial charge is 0.504 e. The minimum atomic E-state index is -4.97. The van der Waals surface area contributed by atoms with E-state index >= 15 is 0 Å². The normalized spacial score (nSPS) is 16.1. The molecule has 1 heterocycles. The zero-order valence-corrected chi connectivity index (χ0v) is 16.7. The lowest BCUT2D eigenvalue weighted by atomic mass is 9.84. The minimum absolute atomic E-state index is 0.107. The highest BCUT2D eigenvalue weighted by atomic mass is 19.4. The summed E-state index contributed by atoms with van der Waals surface area (Å²) < 4.78 is 54.8. The number of alkyl halides is 3. The molecule has 162 valence electrons. The fraction of sp³-hybridized carbons (Fsp3) is 0.381. The number of phenolic OH excluding ortho intramolecular Hbond substituents is 1. The van der Waals surface area contributed by atoms with Crippen molar-refractivity contribution in [3.8, 4) is 23.0 Å². The predicted octanol–water partition coefficient (Wildman–Crippen LogP) is 3.65. The van der Waals surface area contributed by atoms with E-state index in [9.17, 15) is 23.1 Å². The van der Waals surface area contributed by atoms with Crippen LogP contribution in [0.2, 0.25) is 0 Å². The molecule has 0 saturated carbocycles. The van der Waals surface area contributed by atoms with E-state index in [2.05, 4.69) is 0 Å². The summed E-state index contributed by atoms with van der Waals surface area (Å²) in [4.78, 5) is 12.7. The van der Waals surface area contributed by atoms with Gasteiger partial charge < -0.3 is 24.2 Å². The zero-order valence-electron chi connectivity index (χ0n) is 16.7. The molecule has 1 unspecified atom stereocenters. The van der Waals surface area contributed by atoms with Gasteiger partial charge in [0, 0.05) is 19.0 Å². The second-order valence-corrected chi connectivity index (χ2v) is 7.00. The number of halogens is 3. The van der Waals surface area contributed by atoms with Crippen molar-refractivity contribution in [3.05, 3.63) is 47.0 Å². The Morgan fingerprint density at radius 2 is 1.73 bits per heavy atom. The summed E-state index contributed by atoms with van der Waals surface area (Å²) in [5.74, 6) is -1.30. The third-order valence-corrected chi connectivity index (χ3v) is 5.14. The van der Waals surface area contributed by atoms with Crippen molar-refractivity contribution in [2.24, 2.45) is 0 Å². The molecule has 0 bridgehead atoms. The van der Waals surface area contributed by atoms with Crippen molar-refractivity contribution in [1.29, 1.82) is 0 Å². The Hall–Kier alpha value is -3.10. The van der Waals surface area contributed by atoms with Gasteiger partial charge in [-0.1, -0.05) is 6.07 Å². The Morgan fingerprint density at radius 3 is 2.33 bits per heavy atom. The van der Waals surface area contributed by atoms with E-state index in [0.29, 0.717) is 29.0 Å². The van der Waals surface area contributed by atoms with E-state index in [4.69, 9.17) is 14.2 Å². The van der Waals surface area contributed by atoms with Crippen LogP contribution in [0.25, 0.3) is 0 Å². The van der Waals surface area contributed by atoms with Gasteiger partial charge >= 0.3 is 12.1 Å². The number of nitrogens with zero attached hydrogens (tertiary/aromatic N) is 1. The fourth-order valence-corrected chi connectivity index (χ4v) is 3.74. The van der Waals surface area contributed by atoms with Crippen LogP contribution in [0, 0.1) is 0 Å². The van der Waals surface area contributed by atoms with Crippen LogP contribution in [0.1, 0.15) is 22.6 Å². The Balaban J connectivity index is 2.00. The molecule has 2 aromatic carbocycles. The van der Waals surface area contributed by atoms with Gasteiger partial charge in [-0.15, -0.1) is 0 Å². The second-order valence-electron chi connectivity index (χ2n) is 7.00. The molecule has 1 atom stereocenters. The van der Waals surface area contributed by atoms with Crippen molar-refractivity contribution in [2.45, 2.75) is 25.1 Å². The summed E-state index contributed by atoms with van der Waals surface area (Å²) in [5, 5.41) is 10.2. The number of ether oxygens (including phenoxy) is 3. The van der Waals surface area contributed by atoms with Crippen molar-refractivity contribution >= 4 is 5.91 Å². The monoisotopic (exact) mass is 425 g/mol. The van der Waals surface area contributed by atoms with Crippen LogP contribution >= 0.6 is 0 Å². The second kappa shape index (κ2) is 8.33. The first-order valence-electron chi connectivity index (χ1n) is 9.14. The lowest BCUT2D eigenvalue weighted by Crippen LogP contribution is -2.45. The van der Waals surface area contributed by atoms with Crippen LogP contribution in [-0.2, 0) is 17.8 Å². The third kappa shape index (κ3) is 4.24. The predicted molar refractivity (Wildman–Crippen MR) is 102 cm³/mol. The summed E-state index contributed by atoms with van der Waals surface area (Å²) in [6.45, 7) is -0.349. The molecule has 9 heteroatoms. The van der Waals surface area contributed by atoms with Gasteiger partial charge in [0.05, 0.1) is 21.3 Å². The third-order valence-electron chi connectivity index (χ3n) is 5.14. The number of fused-ring (bicyclic) bond motifs is 1. The Labute approximate surface area is 171 Å². The fourth-order valence-electron chi connectivity index (χ4n) is 3.74. The van der Waals surface area contributed by atoms with Gasteiger partial charge in [-0.2, -0.15) is 13.2 Å². The molecule has 1 aliphatic rings. The first-order valence-corrected chi connectivity index (χ1v) is 9.14. The van der Waals surface area contributed by atoms with Crippen molar-refractivity contribution in [3.63, 3.8) is 0 Å². The molecular weight excluding hydrogens is 403 g/mol. The molecule has 0 aromatic heterocycles. The van der Waals surface area contributed by atoms with Gasteiger partial charge in [-0.05, 0) is 47.4 Å². The van der Waals surface area contributed by atoms with Crippen molar-refractivity contribution in [2.75, 3.05) is 27.9 Å².